The smallest absolute Gasteiger partial charge is 0.140 e. The minimum atomic E-state index is 0.435. The van der Waals surface area contributed by atoms with Crippen LogP contribution in [0.1, 0.15) is 30.7 Å². The molecule has 1 heterocycles. The number of halogens is 1. The molecule has 0 amide bonds. The summed E-state index contributed by atoms with van der Waals surface area (Å²) >= 11 is 3.41. The quantitative estimate of drug-likeness (QED) is 0.933. The molecule has 0 spiro atoms. The first-order valence-electron chi connectivity index (χ1n) is 6.51. The van der Waals surface area contributed by atoms with Crippen molar-refractivity contribution in [2.75, 3.05) is 5.73 Å². The highest BCUT2D eigenvalue weighted by Crippen LogP contribution is 2.21. The predicted octanol–water partition coefficient (Wildman–Crippen LogP) is 3.35. The molecule has 1 aromatic carbocycles. The number of benzene rings is 1. The van der Waals surface area contributed by atoms with Gasteiger partial charge in [-0.3, -0.25) is 0 Å². The molecule has 20 heavy (non-hydrogen) atoms. The number of nitrogens with two attached hydrogens (primary N) is 1. The summed E-state index contributed by atoms with van der Waals surface area (Å²) in [6.07, 6.45) is 0.617. The van der Waals surface area contributed by atoms with Crippen LogP contribution in [0.4, 0.5) is 5.82 Å². The van der Waals surface area contributed by atoms with E-state index in [-0.39, 0.29) is 0 Å². The highest BCUT2D eigenvalue weighted by molar-refractivity contribution is 9.10. The van der Waals surface area contributed by atoms with Crippen molar-refractivity contribution in [2.45, 2.75) is 26.8 Å². The molecule has 5 heteroatoms. The number of aromatic nitrogens is 2. The molecule has 0 atom stereocenters. The van der Waals surface area contributed by atoms with Gasteiger partial charge in [0.15, 0.2) is 0 Å². The third-order valence-electron chi connectivity index (χ3n) is 3.00. The van der Waals surface area contributed by atoms with Crippen LogP contribution in [0.15, 0.2) is 28.7 Å². The number of hydrogen-bond acceptors (Lipinski definition) is 3. The number of anilines is 1. The van der Waals surface area contributed by atoms with Crippen LogP contribution in [0.25, 0.3) is 0 Å². The maximum absolute atomic E-state index is 9.28. The van der Waals surface area contributed by atoms with Gasteiger partial charge in [-0.15, -0.1) is 0 Å². The van der Waals surface area contributed by atoms with E-state index in [1.807, 2.05) is 24.3 Å². The summed E-state index contributed by atoms with van der Waals surface area (Å²) in [6, 6.07) is 10.2. The van der Waals surface area contributed by atoms with Crippen molar-refractivity contribution in [2.24, 2.45) is 5.92 Å². The van der Waals surface area contributed by atoms with Gasteiger partial charge in [-0.2, -0.15) is 10.4 Å². The first-order valence-corrected chi connectivity index (χ1v) is 7.30. The fraction of sp³-hybridized carbons (Fsp3) is 0.333. The lowest BCUT2D eigenvalue weighted by Gasteiger charge is -2.06. The first-order chi connectivity index (χ1) is 9.51. The topological polar surface area (TPSA) is 67.6 Å². The second-order valence-corrected chi connectivity index (χ2v) is 6.11. The van der Waals surface area contributed by atoms with Gasteiger partial charge in [0.25, 0.3) is 0 Å². The summed E-state index contributed by atoms with van der Waals surface area (Å²) < 4.78 is 2.77. The van der Waals surface area contributed by atoms with E-state index in [0.29, 0.717) is 23.7 Å². The van der Waals surface area contributed by atoms with Crippen molar-refractivity contribution >= 4 is 21.7 Å². The number of rotatable bonds is 4. The van der Waals surface area contributed by atoms with Gasteiger partial charge in [0.1, 0.15) is 17.5 Å². The molecule has 0 aliphatic heterocycles. The second kappa shape index (κ2) is 6.10. The van der Waals surface area contributed by atoms with E-state index in [1.165, 1.54) is 0 Å². The molecule has 0 saturated heterocycles. The Bertz CT molecular complexity index is 635. The van der Waals surface area contributed by atoms with E-state index in [1.54, 1.807) is 4.68 Å². The molecule has 2 rings (SSSR count). The molecule has 0 unspecified atom stereocenters. The van der Waals surface area contributed by atoms with Gasteiger partial charge in [0.05, 0.1) is 5.69 Å². The zero-order chi connectivity index (χ0) is 14.7. The van der Waals surface area contributed by atoms with Crippen LogP contribution in [0.2, 0.25) is 0 Å². The summed E-state index contributed by atoms with van der Waals surface area (Å²) in [4.78, 5) is 0. The molecular weight excluding hydrogens is 316 g/mol. The monoisotopic (exact) mass is 332 g/mol. The lowest BCUT2D eigenvalue weighted by molar-refractivity contribution is 0.485. The molecule has 4 nitrogen and oxygen atoms in total. The van der Waals surface area contributed by atoms with Crippen molar-refractivity contribution in [3.05, 3.63) is 45.6 Å². The molecule has 2 aromatic rings. The fourth-order valence-corrected chi connectivity index (χ4v) is 2.32. The zero-order valence-electron chi connectivity index (χ0n) is 11.6. The Labute approximate surface area is 127 Å². The molecule has 1 aromatic heterocycles. The molecule has 2 N–H and O–H groups in total. The lowest BCUT2D eigenvalue weighted by atomic mass is 10.1. The van der Waals surface area contributed by atoms with Crippen LogP contribution >= 0.6 is 15.9 Å². The number of nitriles is 1. The summed E-state index contributed by atoms with van der Waals surface area (Å²) in [7, 11) is 0. The highest BCUT2D eigenvalue weighted by atomic mass is 79.9. The minimum absolute atomic E-state index is 0.435. The summed E-state index contributed by atoms with van der Waals surface area (Å²) in [5.41, 5.74) is 8.36. The Morgan fingerprint density at radius 2 is 2.00 bits per heavy atom. The molecule has 104 valence electrons. The van der Waals surface area contributed by atoms with Crippen LogP contribution in [0, 0.1) is 17.2 Å². The van der Waals surface area contributed by atoms with Crippen LogP contribution in [0.5, 0.6) is 0 Å². The van der Waals surface area contributed by atoms with E-state index in [0.717, 1.165) is 22.3 Å². The van der Waals surface area contributed by atoms with Gasteiger partial charge in [0, 0.05) is 17.4 Å². The highest BCUT2D eigenvalue weighted by Gasteiger charge is 2.16. The number of nitrogens with zero attached hydrogens (tertiary/aromatic N) is 3. The molecule has 0 bridgehead atoms. The van der Waals surface area contributed by atoms with Crippen molar-refractivity contribution < 1.29 is 0 Å². The average molecular weight is 333 g/mol. The van der Waals surface area contributed by atoms with E-state index >= 15 is 0 Å². The largest absolute Gasteiger partial charge is 0.383 e. The Morgan fingerprint density at radius 3 is 2.55 bits per heavy atom. The number of hydrogen-bond donors (Lipinski definition) is 1. The standard InChI is InChI=1S/C15H17BrN4/c1-10(2)9-20-15(18)13(8-17)14(19-20)7-11-3-5-12(16)6-4-11/h3-6,10H,7,9,18H2,1-2H3. The summed E-state index contributed by atoms with van der Waals surface area (Å²) in [5, 5.41) is 13.8. The van der Waals surface area contributed by atoms with Crippen LogP contribution < -0.4 is 5.73 Å². The van der Waals surface area contributed by atoms with Crippen molar-refractivity contribution in [1.29, 1.82) is 5.26 Å². The van der Waals surface area contributed by atoms with Crippen LogP contribution in [-0.4, -0.2) is 9.78 Å². The molecule has 0 radical (unpaired) electrons. The van der Waals surface area contributed by atoms with Gasteiger partial charge >= 0.3 is 0 Å². The van der Waals surface area contributed by atoms with Gasteiger partial charge in [-0.25, -0.2) is 4.68 Å². The summed E-state index contributed by atoms with van der Waals surface area (Å²) in [5.74, 6) is 0.901. The predicted molar refractivity (Wildman–Crippen MR) is 83.1 cm³/mol. The third kappa shape index (κ3) is 3.20. The molecule has 0 saturated carbocycles. The zero-order valence-corrected chi connectivity index (χ0v) is 13.2. The Hall–Kier alpha value is -1.80. The van der Waals surface area contributed by atoms with Gasteiger partial charge in [-0.05, 0) is 23.6 Å². The molecular formula is C15H17BrN4. The average Bonchev–Trinajstić information content (AvgIpc) is 2.67. The molecule has 0 fully saturated rings. The van der Waals surface area contributed by atoms with E-state index in [2.05, 4.69) is 40.9 Å². The minimum Gasteiger partial charge on any atom is -0.383 e. The fourth-order valence-electron chi connectivity index (χ4n) is 2.05. The normalized spacial score (nSPS) is 10.8. The van der Waals surface area contributed by atoms with Crippen LogP contribution in [0.3, 0.4) is 0 Å². The van der Waals surface area contributed by atoms with Gasteiger partial charge in [-0.1, -0.05) is 41.9 Å². The maximum Gasteiger partial charge on any atom is 0.140 e. The molecule has 0 aliphatic carbocycles. The third-order valence-corrected chi connectivity index (χ3v) is 3.53. The number of nitrogen functional groups attached to an aromatic ring is 1. The Balaban J connectivity index is 2.31. The van der Waals surface area contributed by atoms with Crippen molar-refractivity contribution in [3.63, 3.8) is 0 Å². The van der Waals surface area contributed by atoms with Gasteiger partial charge in [0.2, 0.25) is 0 Å². The second-order valence-electron chi connectivity index (χ2n) is 5.20. The van der Waals surface area contributed by atoms with Crippen molar-refractivity contribution in [3.8, 4) is 6.07 Å². The SMILES string of the molecule is CC(C)Cn1nc(Cc2ccc(Br)cc2)c(C#N)c1N. The van der Waals surface area contributed by atoms with Crippen molar-refractivity contribution in [1.82, 2.24) is 9.78 Å². The van der Waals surface area contributed by atoms with Gasteiger partial charge < -0.3 is 5.73 Å². The molecule has 0 aliphatic rings. The van der Waals surface area contributed by atoms with E-state index in [9.17, 15) is 5.26 Å². The Kier molecular flexibility index (Phi) is 4.46. The first kappa shape index (κ1) is 14.6. The summed E-state index contributed by atoms with van der Waals surface area (Å²) in [6.45, 7) is 4.92. The van der Waals surface area contributed by atoms with E-state index < -0.39 is 0 Å². The Morgan fingerprint density at radius 1 is 1.35 bits per heavy atom. The van der Waals surface area contributed by atoms with Crippen LogP contribution in [-0.2, 0) is 13.0 Å². The van der Waals surface area contributed by atoms with E-state index in [4.69, 9.17) is 5.73 Å². The maximum atomic E-state index is 9.28. The lowest BCUT2D eigenvalue weighted by Crippen LogP contribution is -2.09.